The standard InChI is InChI=1S/C24H23ClF2N4O3/c25-24(26,27)34-19-4-1-15(2-5-19)21-12-22(31(30-21)18-9-14(10-18)13-32)29-23(33)17-3-6-20-16(11-17)7-8-28-20/h1-6,11-12,14,18,28,32H,7-10,13H2,(H,29,33). The Labute approximate surface area is 199 Å². The number of aliphatic hydroxyl groups excluding tert-OH is 1. The van der Waals surface area contributed by atoms with Crippen molar-refractivity contribution in [3.05, 3.63) is 59.7 Å². The number of nitrogens with one attached hydrogen (secondary N) is 2. The van der Waals surface area contributed by atoms with Crippen LogP contribution >= 0.6 is 11.6 Å². The third kappa shape index (κ3) is 4.71. The van der Waals surface area contributed by atoms with Gasteiger partial charge in [-0.05, 0) is 73.2 Å². The largest absolute Gasteiger partial charge is 0.487 e. The van der Waals surface area contributed by atoms with Gasteiger partial charge in [0.1, 0.15) is 11.6 Å². The minimum atomic E-state index is -3.79. The van der Waals surface area contributed by atoms with Crippen molar-refractivity contribution in [3.8, 4) is 17.0 Å². The van der Waals surface area contributed by atoms with Gasteiger partial charge in [0.2, 0.25) is 0 Å². The topological polar surface area (TPSA) is 88.4 Å². The highest BCUT2D eigenvalue weighted by molar-refractivity contribution is 6.20. The predicted molar refractivity (Wildman–Crippen MR) is 125 cm³/mol. The Bertz CT molecular complexity index is 1200. The summed E-state index contributed by atoms with van der Waals surface area (Å²) >= 11 is 4.83. The molecule has 0 radical (unpaired) electrons. The Morgan fingerprint density at radius 1 is 1.24 bits per heavy atom. The molecule has 1 aliphatic carbocycles. The normalized spacial score (nSPS) is 19.2. The number of anilines is 2. The molecule has 5 rings (SSSR count). The fraction of sp³-hybridized carbons (Fsp3) is 0.333. The summed E-state index contributed by atoms with van der Waals surface area (Å²) in [7, 11) is 0. The third-order valence-electron chi connectivity index (χ3n) is 6.25. The van der Waals surface area contributed by atoms with E-state index in [-0.39, 0.29) is 30.2 Å². The van der Waals surface area contributed by atoms with E-state index in [0.29, 0.717) is 22.6 Å². The molecule has 3 aromatic rings. The van der Waals surface area contributed by atoms with Crippen molar-refractivity contribution in [2.45, 2.75) is 30.9 Å². The number of carbonyl (C=O) groups is 1. The van der Waals surface area contributed by atoms with E-state index in [9.17, 15) is 18.7 Å². The van der Waals surface area contributed by atoms with Crippen molar-refractivity contribution in [2.75, 3.05) is 23.8 Å². The van der Waals surface area contributed by atoms with Crippen molar-refractivity contribution in [1.82, 2.24) is 9.78 Å². The minimum Gasteiger partial charge on any atom is -0.420 e. The van der Waals surface area contributed by atoms with Crippen LogP contribution in [0.15, 0.2) is 48.5 Å². The SMILES string of the molecule is O=C(Nc1cc(-c2ccc(OC(F)(F)Cl)cc2)nn1C1CC(CO)C1)c1ccc2c(c1)CCN2. The predicted octanol–water partition coefficient (Wildman–Crippen LogP) is 4.88. The number of ether oxygens (including phenoxy) is 1. The first-order valence-corrected chi connectivity index (χ1v) is 11.4. The quantitative estimate of drug-likeness (QED) is 0.412. The van der Waals surface area contributed by atoms with Crippen LogP contribution in [-0.4, -0.2) is 39.5 Å². The van der Waals surface area contributed by atoms with Gasteiger partial charge in [-0.2, -0.15) is 5.10 Å². The van der Waals surface area contributed by atoms with E-state index in [4.69, 9.17) is 11.6 Å². The monoisotopic (exact) mass is 488 g/mol. The van der Waals surface area contributed by atoms with Gasteiger partial charge in [-0.15, -0.1) is 8.78 Å². The first-order chi connectivity index (χ1) is 16.3. The summed E-state index contributed by atoms with van der Waals surface area (Å²) in [5, 5.41) is 20.3. The number of hydrogen-bond acceptors (Lipinski definition) is 5. The minimum absolute atomic E-state index is 0.0444. The van der Waals surface area contributed by atoms with Crippen molar-refractivity contribution in [3.63, 3.8) is 0 Å². The number of carbonyl (C=O) groups excluding carboxylic acids is 1. The highest BCUT2D eigenvalue weighted by Gasteiger charge is 2.33. The second-order valence-electron chi connectivity index (χ2n) is 8.61. The molecule has 7 nitrogen and oxygen atoms in total. The average molecular weight is 489 g/mol. The molecule has 0 unspecified atom stereocenters. The van der Waals surface area contributed by atoms with Gasteiger partial charge < -0.3 is 20.5 Å². The maximum Gasteiger partial charge on any atom is 0.487 e. The van der Waals surface area contributed by atoms with E-state index in [1.165, 1.54) is 12.1 Å². The van der Waals surface area contributed by atoms with Gasteiger partial charge in [0.15, 0.2) is 0 Å². The zero-order valence-corrected chi connectivity index (χ0v) is 18.9. The molecule has 1 amide bonds. The van der Waals surface area contributed by atoms with Crippen LogP contribution in [0.25, 0.3) is 11.3 Å². The van der Waals surface area contributed by atoms with Gasteiger partial charge >= 0.3 is 5.57 Å². The number of rotatable bonds is 7. The lowest BCUT2D eigenvalue weighted by Crippen LogP contribution is -2.31. The first-order valence-electron chi connectivity index (χ1n) is 11.0. The van der Waals surface area contributed by atoms with Gasteiger partial charge in [-0.3, -0.25) is 4.79 Å². The number of aliphatic hydroxyl groups is 1. The molecule has 1 aliphatic heterocycles. The van der Waals surface area contributed by atoms with Gasteiger partial charge in [0.05, 0.1) is 11.7 Å². The molecule has 2 aromatic carbocycles. The molecular formula is C24H23ClF2N4O3. The lowest BCUT2D eigenvalue weighted by Gasteiger charge is -2.35. The van der Waals surface area contributed by atoms with E-state index >= 15 is 0 Å². The van der Waals surface area contributed by atoms with Crippen LogP contribution in [0, 0.1) is 5.92 Å². The molecule has 3 N–H and O–H groups in total. The van der Waals surface area contributed by atoms with E-state index in [1.54, 1.807) is 28.9 Å². The van der Waals surface area contributed by atoms with E-state index < -0.39 is 5.57 Å². The van der Waals surface area contributed by atoms with Crippen molar-refractivity contribution in [1.29, 1.82) is 0 Å². The molecule has 1 saturated carbocycles. The summed E-state index contributed by atoms with van der Waals surface area (Å²) in [5.41, 5.74) is 0.166. The third-order valence-corrected chi connectivity index (χ3v) is 6.33. The average Bonchev–Trinajstić information content (AvgIpc) is 3.39. The molecule has 178 valence electrons. The zero-order chi connectivity index (χ0) is 23.9. The lowest BCUT2D eigenvalue weighted by atomic mass is 9.81. The number of nitrogens with zero attached hydrogens (tertiary/aromatic N) is 2. The fourth-order valence-electron chi connectivity index (χ4n) is 4.42. The summed E-state index contributed by atoms with van der Waals surface area (Å²) in [4.78, 5) is 13.0. The van der Waals surface area contributed by atoms with Gasteiger partial charge in [0.25, 0.3) is 5.91 Å². The molecular weight excluding hydrogens is 466 g/mol. The Morgan fingerprint density at radius 2 is 2.00 bits per heavy atom. The number of benzene rings is 2. The van der Waals surface area contributed by atoms with Crippen LogP contribution in [0.4, 0.5) is 20.3 Å². The van der Waals surface area contributed by atoms with Crippen molar-refractivity contribution in [2.24, 2.45) is 5.92 Å². The molecule has 10 heteroatoms. The van der Waals surface area contributed by atoms with Crippen LogP contribution in [0.2, 0.25) is 0 Å². The van der Waals surface area contributed by atoms with Crippen LogP contribution in [0.5, 0.6) is 5.75 Å². The van der Waals surface area contributed by atoms with Crippen LogP contribution in [0.3, 0.4) is 0 Å². The molecule has 1 aromatic heterocycles. The van der Waals surface area contributed by atoms with Crippen molar-refractivity contribution < 1.29 is 23.4 Å². The Hall–Kier alpha value is -3.17. The van der Waals surface area contributed by atoms with E-state index in [2.05, 4.69) is 20.5 Å². The number of hydrogen-bond donors (Lipinski definition) is 3. The summed E-state index contributed by atoms with van der Waals surface area (Å²) in [6.07, 6.45) is 2.38. The number of fused-ring (bicyclic) bond motifs is 1. The summed E-state index contributed by atoms with van der Waals surface area (Å²) < 4.78 is 31.9. The summed E-state index contributed by atoms with van der Waals surface area (Å²) in [6, 6.07) is 13.3. The van der Waals surface area contributed by atoms with Crippen LogP contribution in [0.1, 0.15) is 34.8 Å². The Kier molecular flexibility index (Phi) is 5.91. The fourth-order valence-corrected chi connectivity index (χ4v) is 4.51. The Morgan fingerprint density at radius 3 is 2.71 bits per heavy atom. The first kappa shape index (κ1) is 22.6. The van der Waals surface area contributed by atoms with Crippen LogP contribution in [-0.2, 0) is 6.42 Å². The van der Waals surface area contributed by atoms with Crippen LogP contribution < -0.4 is 15.4 Å². The molecule has 1 fully saturated rings. The second-order valence-corrected chi connectivity index (χ2v) is 9.05. The lowest BCUT2D eigenvalue weighted by molar-refractivity contribution is -0.0964. The highest BCUT2D eigenvalue weighted by Crippen LogP contribution is 2.40. The van der Waals surface area contributed by atoms with Gasteiger partial charge in [0, 0.05) is 47.6 Å². The molecule has 0 spiro atoms. The Balaban J connectivity index is 1.40. The molecule has 0 bridgehead atoms. The molecule has 0 atom stereocenters. The summed E-state index contributed by atoms with van der Waals surface area (Å²) in [6.45, 7) is 0.971. The highest BCUT2D eigenvalue weighted by atomic mass is 35.5. The smallest absolute Gasteiger partial charge is 0.420 e. The molecule has 34 heavy (non-hydrogen) atoms. The maximum atomic E-state index is 13.0. The van der Waals surface area contributed by atoms with E-state index in [1.807, 2.05) is 12.1 Å². The maximum absolute atomic E-state index is 13.0. The summed E-state index contributed by atoms with van der Waals surface area (Å²) in [5.74, 6) is 0.424. The molecule has 2 aliphatic rings. The zero-order valence-electron chi connectivity index (χ0n) is 18.1. The number of aromatic nitrogens is 2. The number of alkyl halides is 3. The second kappa shape index (κ2) is 8.88. The molecule has 0 saturated heterocycles. The van der Waals surface area contributed by atoms with Gasteiger partial charge in [-0.1, -0.05) is 0 Å². The van der Waals surface area contributed by atoms with E-state index in [0.717, 1.165) is 37.1 Å². The van der Waals surface area contributed by atoms with Crippen molar-refractivity contribution >= 4 is 29.0 Å². The number of amides is 1. The van der Waals surface area contributed by atoms with Gasteiger partial charge in [-0.25, -0.2) is 4.68 Å². The molecule has 2 heterocycles. The number of halogens is 3.